The van der Waals surface area contributed by atoms with E-state index in [1.807, 2.05) is 48.5 Å². The topological polar surface area (TPSA) is 124 Å². The highest BCUT2D eigenvalue weighted by Gasteiger charge is 2.35. The van der Waals surface area contributed by atoms with E-state index in [0.29, 0.717) is 43.1 Å². The zero-order chi connectivity index (χ0) is 33.6. The summed E-state index contributed by atoms with van der Waals surface area (Å²) in [5.41, 5.74) is 0.853. The third-order valence-electron chi connectivity index (χ3n) is 7.74. The number of phenolic OH excluding ortho intramolecular Hbond substituents is 1. The Balaban J connectivity index is 1.38. The maximum absolute atomic E-state index is 13.8. The van der Waals surface area contributed by atoms with Gasteiger partial charge in [0.25, 0.3) is 5.91 Å². The second kappa shape index (κ2) is 14.5. The van der Waals surface area contributed by atoms with Crippen LogP contribution in [0.25, 0.3) is 10.8 Å². The van der Waals surface area contributed by atoms with Crippen molar-refractivity contribution in [3.05, 3.63) is 102 Å². The third-order valence-corrected chi connectivity index (χ3v) is 7.74. The number of benzene rings is 4. The van der Waals surface area contributed by atoms with Crippen molar-refractivity contribution in [2.75, 3.05) is 20.2 Å². The molecule has 10 heteroatoms. The molecule has 1 aliphatic rings. The fourth-order valence-corrected chi connectivity index (χ4v) is 5.38. The van der Waals surface area contributed by atoms with Crippen LogP contribution < -0.4 is 14.8 Å². The quantitative estimate of drug-likeness (QED) is 0.210. The molecule has 0 saturated carbocycles. The molecule has 0 bridgehead atoms. The number of likely N-dealkylation sites (tertiary alicyclic amines) is 1. The van der Waals surface area contributed by atoms with Crippen LogP contribution in [0.3, 0.4) is 0 Å². The molecule has 47 heavy (non-hydrogen) atoms. The molecule has 0 radical (unpaired) electrons. The monoisotopic (exact) mass is 640 g/mol. The first-order chi connectivity index (χ1) is 22.5. The molecule has 5 rings (SSSR count). The van der Waals surface area contributed by atoms with Gasteiger partial charge in [0, 0.05) is 18.7 Å². The number of hydrogen-bond acceptors (Lipinski definition) is 8. The number of hydrogen-bond donors (Lipinski definition) is 2. The van der Waals surface area contributed by atoms with E-state index in [1.165, 1.54) is 36.3 Å². The Kier molecular flexibility index (Phi) is 10.2. The van der Waals surface area contributed by atoms with E-state index in [4.69, 9.17) is 18.9 Å². The Bertz CT molecular complexity index is 1720. The minimum absolute atomic E-state index is 0.0260. The van der Waals surface area contributed by atoms with Crippen molar-refractivity contribution in [1.29, 1.82) is 0 Å². The largest absolute Gasteiger partial charge is 0.508 e. The number of nitrogens with zero attached hydrogens (tertiary/aromatic N) is 1. The van der Waals surface area contributed by atoms with Gasteiger partial charge >= 0.3 is 12.1 Å². The number of nitrogens with one attached hydrogen (secondary N) is 1. The van der Waals surface area contributed by atoms with Crippen molar-refractivity contribution in [2.45, 2.75) is 58.0 Å². The number of amides is 2. The fourth-order valence-electron chi connectivity index (χ4n) is 5.38. The molecular formula is C37H40N2O8. The van der Waals surface area contributed by atoms with E-state index in [-0.39, 0.29) is 17.9 Å². The lowest BCUT2D eigenvalue weighted by atomic mass is 10.0. The number of esters is 1. The summed E-state index contributed by atoms with van der Waals surface area (Å²) in [5, 5.41) is 14.2. The van der Waals surface area contributed by atoms with Gasteiger partial charge in [-0.2, -0.15) is 0 Å². The molecule has 4 aromatic carbocycles. The Morgan fingerprint density at radius 2 is 1.68 bits per heavy atom. The van der Waals surface area contributed by atoms with Gasteiger partial charge in [-0.25, -0.2) is 9.59 Å². The normalized spacial score (nSPS) is 16.6. The highest BCUT2D eigenvalue weighted by atomic mass is 16.6. The van der Waals surface area contributed by atoms with Crippen LogP contribution in [0.15, 0.2) is 84.9 Å². The molecule has 0 unspecified atom stereocenters. The lowest BCUT2D eigenvalue weighted by molar-refractivity contribution is 0.0125. The van der Waals surface area contributed by atoms with Crippen LogP contribution in [0.2, 0.25) is 0 Å². The lowest BCUT2D eigenvalue weighted by Gasteiger charge is -2.30. The number of rotatable bonds is 8. The van der Waals surface area contributed by atoms with Gasteiger partial charge in [-0.1, -0.05) is 36.4 Å². The average Bonchev–Trinajstić information content (AvgIpc) is 3.24. The zero-order valence-corrected chi connectivity index (χ0v) is 27.0. The summed E-state index contributed by atoms with van der Waals surface area (Å²) in [4.78, 5) is 41.6. The Morgan fingerprint density at radius 3 is 2.38 bits per heavy atom. The van der Waals surface area contributed by atoms with Gasteiger partial charge in [0.15, 0.2) is 0 Å². The Hall–Kier alpha value is -5.25. The average molecular weight is 641 g/mol. The van der Waals surface area contributed by atoms with Crippen molar-refractivity contribution in [2.24, 2.45) is 0 Å². The first-order valence-corrected chi connectivity index (χ1v) is 15.6. The molecule has 0 aromatic heterocycles. The summed E-state index contributed by atoms with van der Waals surface area (Å²) >= 11 is 0. The SMILES string of the molecule is COc1cc2ccc(OCc3ccccc3)cc2cc1C(=O)O[C@@H]1CCCN(C(=O)OC(C)(C)C)C[C@H]1NC(=O)c1ccc(O)cc1. The van der Waals surface area contributed by atoms with Gasteiger partial charge in [0.2, 0.25) is 0 Å². The van der Waals surface area contributed by atoms with E-state index in [1.54, 1.807) is 32.9 Å². The molecule has 10 nitrogen and oxygen atoms in total. The van der Waals surface area contributed by atoms with E-state index in [0.717, 1.165) is 16.3 Å². The predicted octanol–water partition coefficient (Wildman–Crippen LogP) is 6.49. The number of fused-ring (bicyclic) bond motifs is 1. The molecule has 2 amide bonds. The molecule has 1 fully saturated rings. The minimum atomic E-state index is -0.767. The van der Waals surface area contributed by atoms with Gasteiger partial charge in [0.05, 0.1) is 13.2 Å². The van der Waals surface area contributed by atoms with Crippen LogP contribution in [0.4, 0.5) is 4.79 Å². The van der Waals surface area contributed by atoms with Crippen LogP contribution >= 0.6 is 0 Å². The number of carbonyl (C=O) groups excluding carboxylic acids is 3. The second-order valence-corrected chi connectivity index (χ2v) is 12.5. The summed E-state index contributed by atoms with van der Waals surface area (Å²) in [6, 6.07) is 24.0. The van der Waals surface area contributed by atoms with Gasteiger partial charge in [-0.05, 0) is 98.5 Å². The maximum atomic E-state index is 13.8. The summed E-state index contributed by atoms with van der Waals surface area (Å²) in [6.45, 7) is 6.18. The molecule has 1 saturated heterocycles. The van der Waals surface area contributed by atoms with Gasteiger partial charge < -0.3 is 34.3 Å². The van der Waals surface area contributed by atoms with Crippen molar-refractivity contribution in [3.8, 4) is 17.2 Å². The van der Waals surface area contributed by atoms with E-state index < -0.39 is 35.7 Å². The van der Waals surface area contributed by atoms with E-state index in [2.05, 4.69) is 5.32 Å². The van der Waals surface area contributed by atoms with Crippen molar-refractivity contribution in [1.82, 2.24) is 10.2 Å². The summed E-state index contributed by atoms with van der Waals surface area (Å²) in [6.07, 6.45) is -0.384. The first-order valence-electron chi connectivity index (χ1n) is 15.6. The number of carbonyl (C=O) groups is 3. The van der Waals surface area contributed by atoms with E-state index in [9.17, 15) is 19.5 Å². The maximum Gasteiger partial charge on any atom is 0.410 e. The molecule has 0 spiro atoms. The standard InChI is InChI=1S/C37H40N2O8/c1-37(2,3)47-36(43)39-18-8-11-32(31(22-39)38-34(41)25-12-15-28(40)16-13-25)46-35(42)30-20-27-19-29(17-14-26(27)21-33(30)44-4)45-23-24-9-6-5-7-10-24/h5-7,9-10,12-17,19-21,31-32,40H,8,11,18,22-23H2,1-4H3,(H,38,41)/t31-,32-/m1/s1. The Labute approximate surface area is 274 Å². The van der Waals surface area contributed by atoms with Crippen LogP contribution in [0.1, 0.15) is 59.9 Å². The third kappa shape index (κ3) is 8.72. The zero-order valence-electron chi connectivity index (χ0n) is 27.0. The number of aromatic hydroxyl groups is 1. The van der Waals surface area contributed by atoms with Crippen molar-refractivity contribution >= 4 is 28.7 Å². The predicted molar refractivity (Wildman–Crippen MR) is 177 cm³/mol. The number of methoxy groups -OCH3 is 1. The van der Waals surface area contributed by atoms with Crippen LogP contribution in [0.5, 0.6) is 17.2 Å². The van der Waals surface area contributed by atoms with Crippen molar-refractivity contribution in [3.63, 3.8) is 0 Å². The number of ether oxygens (including phenoxy) is 4. The van der Waals surface area contributed by atoms with Crippen LogP contribution in [-0.2, 0) is 16.1 Å². The smallest absolute Gasteiger partial charge is 0.410 e. The molecule has 2 atom stereocenters. The Morgan fingerprint density at radius 1 is 0.936 bits per heavy atom. The molecule has 2 N–H and O–H groups in total. The van der Waals surface area contributed by atoms with Gasteiger partial charge in [0.1, 0.15) is 41.1 Å². The molecule has 1 aliphatic heterocycles. The molecule has 0 aliphatic carbocycles. The summed E-state index contributed by atoms with van der Waals surface area (Å²) < 4.78 is 23.3. The van der Waals surface area contributed by atoms with Gasteiger partial charge in [-0.15, -0.1) is 0 Å². The first kappa shape index (κ1) is 33.1. The minimum Gasteiger partial charge on any atom is -0.508 e. The molecule has 246 valence electrons. The molecule has 1 heterocycles. The molecule has 4 aromatic rings. The summed E-state index contributed by atoms with van der Waals surface area (Å²) in [5.74, 6) is -0.0477. The summed E-state index contributed by atoms with van der Waals surface area (Å²) in [7, 11) is 1.49. The lowest BCUT2D eigenvalue weighted by Crippen LogP contribution is -2.51. The highest BCUT2D eigenvalue weighted by molar-refractivity contribution is 5.99. The van der Waals surface area contributed by atoms with E-state index >= 15 is 0 Å². The number of phenols is 1. The van der Waals surface area contributed by atoms with Crippen LogP contribution in [0, 0.1) is 0 Å². The van der Waals surface area contributed by atoms with Crippen molar-refractivity contribution < 1.29 is 38.4 Å². The molecular weight excluding hydrogens is 600 g/mol. The highest BCUT2D eigenvalue weighted by Crippen LogP contribution is 2.31. The fraction of sp³-hybridized carbons (Fsp3) is 0.324. The van der Waals surface area contributed by atoms with Gasteiger partial charge in [-0.3, -0.25) is 4.79 Å². The second-order valence-electron chi connectivity index (χ2n) is 12.5. The van der Waals surface area contributed by atoms with Crippen LogP contribution in [-0.4, -0.2) is 65.9 Å².